The molecule has 1 aromatic heterocycles. The normalized spacial score (nSPS) is 12.7. The summed E-state index contributed by atoms with van der Waals surface area (Å²) in [6.45, 7) is 0. The van der Waals surface area contributed by atoms with E-state index in [4.69, 9.17) is 10.0 Å². The third-order valence-electron chi connectivity index (χ3n) is 2.23. The van der Waals surface area contributed by atoms with Crippen molar-refractivity contribution in [3.63, 3.8) is 0 Å². The van der Waals surface area contributed by atoms with Crippen LogP contribution in [0.15, 0.2) is 0 Å². The summed E-state index contributed by atoms with van der Waals surface area (Å²) < 4.78 is 0. The molecule has 0 aromatic carbocycles. The number of aromatic amines is 1. The highest BCUT2D eigenvalue weighted by Gasteiger charge is 2.14. The van der Waals surface area contributed by atoms with E-state index >= 15 is 0 Å². The van der Waals surface area contributed by atoms with Crippen molar-refractivity contribution in [3.05, 3.63) is 5.82 Å². The van der Waals surface area contributed by atoms with Crippen LogP contribution in [0.4, 0.5) is 0 Å². The maximum absolute atomic E-state index is 8.66. The molecule has 1 unspecified atom stereocenters. The maximum atomic E-state index is 8.66. The standard InChI is InChI=1S/C7H16BN5O2/c1-9-6(7-10-12-13-11-7)4-2-3-5-8(14)15/h6,9,14-15H,2-5H2,1H3,(H,10,11,12,13). The molecule has 1 rings (SSSR count). The van der Waals surface area contributed by atoms with Crippen molar-refractivity contribution in [2.45, 2.75) is 31.6 Å². The third kappa shape index (κ3) is 4.37. The fraction of sp³-hybridized carbons (Fsp3) is 0.857. The molecular weight excluding hydrogens is 197 g/mol. The average Bonchev–Trinajstić information content (AvgIpc) is 2.70. The monoisotopic (exact) mass is 213 g/mol. The van der Waals surface area contributed by atoms with E-state index in [2.05, 4.69) is 25.9 Å². The minimum atomic E-state index is -1.21. The number of rotatable bonds is 7. The first-order valence-corrected chi connectivity index (χ1v) is 5.00. The molecule has 84 valence electrons. The predicted molar refractivity (Wildman–Crippen MR) is 54.8 cm³/mol. The summed E-state index contributed by atoms with van der Waals surface area (Å²) in [4.78, 5) is 0. The van der Waals surface area contributed by atoms with Gasteiger partial charge in [0, 0.05) is 0 Å². The van der Waals surface area contributed by atoms with Gasteiger partial charge in [0.15, 0.2) is 5.82 Å². The van der Waals surface area contributed by atoms with E-state index in [1.807, 2.05) is 7.05 Å². The highest BCUT2D eigenvalue weighted by molar-refractivity contribution is 6.40. The van der Waals surface area contributed by atoms with Crippen molar-refractivity contribution in [2.24, 2.45) is 0 Å². The molecular formula is C7H16BN5O2. The average molecular weight is 213 g/mol. The van der Waals surface area contributed by atoms with E-state index in [9.17, 15) is 0 Å². The van der Waals surface area contributed by atoms with Crippen LogP contribution in [-0.2, 0) is 0 Å². The second-order valence-electron chi connectivity index (χ2n) is 3.38. The smallest absolute Gasteiger partial charge is 0.427 e. The molecule has 8 heteroatoms. The lowest BCUT2D eigenvalue weighted by Crippen LogP contribution is -2.18. The van der Waals surface area contributed by atoms with E-state index in [-0.39, 0.29) is 6.04 Å². The second kappa shape index (κ2) is 6.49. The van der Waals surface area contributed by atoms with E-state index < -0.39 is 7.12 Å². The summed E-state index contributed by atoms with van der Waals surface area (Å²) in [7, 11) is 0.630. The van der Waals surface area contributed by atoms with Crippen LogP contribution in [0.1, 0.15) is 31.1 Å². The number of hydrogen-bond acceptors (Lipinski definition) is 6. The van der Waals surface area contributed by atoms with Crippen LogP contribution in [0, 0.1) is 0 Å². The van der Waals surface area contributed by atoms with Crippen molar-refractivity contribution < 1.29 is 10.0 Å². The minimum Gasteiger partial charge on any atom is -0.427 e. The Labute approximate surface area is 88.4 Å². The largest absolute Gasteiger partial charge is 0.451 e. The van der Waals surface area contributed by atoms with Crippen LogP contribution in [0.5, 0.6) is 0 Å². The van der Waals surface area contributed by atoms with Gasteiger partial charge in [-0.05, 0) is 19.8 Å². The number of hydrogen-bond donors (Lipinski definition) is 4. The van der Waals surface area contributed by atoms with Gasteiger partial charge in [0.25, 0.3) is 0 Å². The SMILES string of the molecule is CNC(CCCCB(O)O)c1nn[nH]n1. The molecule has 15 heavy (non-hydrogen) atoms. The lowest BCUT2D eigenvalue weighted by atomic mass is 9.83. The van der Waals surface area contributed by atoms with Gasteiger partial charge in [0.1, 0.15) is 0 Å². The molecule has 0 saturated heterocycles. The first-order chi connectivity index (χ1) is 7.24. The molecule has 0 aliphatic heterocycles. The molecule has 0 bridgehead atoms. The molecule has 0 aliphatic carbocycles. The fourth-order valence-corrected chi connectivity index (χ4v) is 1.40. The van der Waals surface area contributed by atoms with Gasteiger partial charge in [-0.2, -0.15) is 5.21 Å². The van der Waals surface area contributed by atoms with Crippen molar-refractivity contribution >= 4 is 7.12 Å². The second-order valence-corrected chi connectivity index (χ2v) is 3.38. The van der Waals surface area contributed by atoms with E-state index in [1.165, 1.54) is 0 Å². The zero-order chi connectivity index (χ0) is 11.1. The maximum Gasteiger partial charge on any atom is 0.451 e. The van der Waals surface area contributed by atoms with Gasteiger partial charge in [-0.1, -0.05) is 18.1 Å². The predicted octanol–water partition coefficient (Wildman–Crippen LogP) is -0.897. The van der Waals surface area contributed by atoms with E-state index in [0.29, 0.717) is 12.1 Å². The van der Waals surface area contributed by atoms with Crippen LogP contribution in [0.2, 0.25) is 6.32 Å². The summed E-state index contributed by atoms with van der Waals surface area (Å²) in [5.41, 5.74) is 0. The van der Waals surface area contributed by atoms with Gasteiger partial charge in [-0.25, -0.2) is 0 Å². The van der Waals surface area contributed by atoms with Crippen LogP contribution >= 0.6 is 0 Å². The summed E-state index contributed by atoms with van der Waals surface area (Å²) in [6.07, 6.45) is 2.91. The Morgan fingerprint density at radius 2 is 2.27 bits per heavy atom. The van der Waals surface area contributed by atoms with Crippen molar-refractivity contribution in [1.29, 1.82) is 0 Å². The molecule has 0 saturated carbocycles. The number of nitrogens with zero attached hydrogens (tertiary/aromatic N) is 3. The summed E-state index contributed by atoms with van der Waals surface area (Å²) >= 11 is 0. The Morgan fingerprint density at radius 3 is 2.80 bits per heavy atom. The molecule has 0 fully saturated rings. The summed E-state index contributed by atoms with van der Waals surface area (Å²) in [6, 6.07) is 0.0691. The molecule has 1 heterocycles. The molecule has 0 aliphatic rings. The highest BCUT2D eigenvalue weighted by Crippen LogP contribution is 2.15. The Bertz CT molecular complexity index is 256. The fourth-order valence-electron chi connectivity index (χ4n) is 1.40. The van der Waals surface area contributed by atoms with E-state index in [1.54, 1.807) is 0 Å². The summed E-state index contributed by atoms with van der Waals surface area (Å²) in [5, 5.41) is 34.1. The van der Waals surface area contributed by atoms with Gasteiger partial charge >= 0.3 is 7.12 Å². The minimum absolute atomic E-state index is 0.0691. The van der Waals surface area contributed by atoms with E-state index in [0.717, 1.165) is 19.3 Å². The number of aromatic nitrogens is 4. The van der Waals surface area contributed by atoms with Crippen LogP contribution in [0.25, 0.3) is 0 Å². The van der Waals surface area contributed by atoms with Crippen LogP contribution in [0.3, 0.4) is 0 Å². The quantitative estimate of drug-likeness (QED) is 0.345. The van der Waals surface area contributed by atoms with Crippen molar-refractivity contribution in [3.8, 4) is 0 Å². The Kier molecular flexibility index (Phi) is 5.23. The first-order valence-electron chi connectivity index (χ1n) is 5.00. The zero-order valence-electron chi connectivity index (χ0n) is 8.72. The van der Waals surface area contributed by atoms with Crippen molar-refractivity contribution in [1.82, 2.24) is 25.9 Å². The lowest BCUT2D eigenvalue weighted by molar-refractivity contribution is 0.399. The Hall–Kier alpha value is -0.985. The molecule has 1 atom stereocenters. The Balaban J connectivity index is 2.23. The lowest BCUT2D eigenvalue weighted by Gasteiger charge is -2.11. The highest BCUT2D eigenvalue weighted by atomic mass is 16.4. The molecule has 4 N–H and O–H groups in total. The van der Waals surface area contributed by atoms with Crippen LogP contribution in [-0.4, -0.2) is 44.8 Å². The summed E-state index contributed by atoms with van der Waals surface area (Å²) in [5.74, 6) is 0.641. The first kappa shape index (κ1) is 12.1. The molecule has 0 radical (unpaired) electrons. The van der Waals surface area contributed by atoms with Crippen molar-refractivity contribution in [2.75, 3.05) is 7.05 Å². The zero-order valence-corrected chi connectivity index (χ0v) is 8.72. The van der Waals surface area contributed by atoms with Gasteiger partial charge in [-0.15, -0.1) is 10.2 Å². The molecule has 1 aromatic rings. The van der Waals surface area contributed by atoms with Gasteiger partial charge in [-0.3, -0.25) is 0 Å². The Morgan fingerprint density at radius 1 is 1.47 bits per heavy atom. The number of unbranched alkanes of at least 4 members (excludes halogenated alkanes) is 1. The number of nitrogens with one attached hydrogen (secondary N) is 2. The van der Waals surface area contributed by atoms with Gasteiger partial charge < -0.3 is 15.4 Å². The van der Waals surface area contributed by atoms with Gasteiger partial charge in [0.2, 0.25) is 0 Å². The molecule has 7 nitrogen and oxygen atoms in total. The third-order valence-corrected chi connectivity index (χ3v) is 2.23. The molecule has 0 amide bonds. The topological polar surface area (TPSA) is 107 Å². The number of tetrazole rings is 1. The van der Waals surface area contributed by atoms with Crippen LogP contribution < -0.4 is 5.32 Å². The molecule has 0 spiro atoms. The van der Waals surface area contributed by atoms with Gasteiger partial charge in [0.05, 0.1) is 6.04 Å². The number of H-pyrrole nitrogens is 1.